The van der Waals surface area contributed by atoms with E-state index in [1.807, 2.05) is 0 Å². The molecule has 0 saturated heterocycles. The smallest absolute Gasteiger partial charge is 0.123 e. The average Bonchev–Trinajstić information content (AvgIpc) is 2.22. The van der Waals surface area contributed by atoms with E-state index < -0.39 is 0 Å². The van der Waals surface area contributed by atoms with Gasteiger partial charge >= 0.3 is 0 Å². The lowest BCUT2D eigenvalue weighted by Crippen LogP contribution is -2.21. The van der Waals surface area contributed by atoms with Crippen molar-refractivity contribution in [1.82, 2.24) is 0 Å². The highest BCUT2D eigenvalue weighted by molar-refractivity contribution is 5.28. The summed E-state index contributed by atoms with van der Waals surface area (Å²) >= 11 is 0. The van der Waals surface area contributed by atoms with Crippen molar-refractivity contribution in [2.24, 2.45) is 0 Å². The van der Waals surface area contributed by atoms with Gasteiger partial charge in [0.25, 0.3) is 0 Å². The van der Waals surface area contributed by atoms with E-state index >= 15 is 0 Å². The molecular formula is C13H20N+. The second-order valence-electron chi connectivity index (χ2n) is 3.59. The zero-order valence-electron chi connectivity index (χ0n) is 9.33. The van der Waals surface area contributed by atoms with Crippen LogP contribution in [0.5, 0.6) is 0 Å². The van der Waals surface area contributed by atoms with Crippen LogP contribution in [0, 0.1) is 0 Å². The summed E-state index contributed by atoms with van der Waals surface area (Å²) in [7, 11) is 0. The number of rotatable bonds is 2. The molecule has 0 amide bonds. The van der Waals surface area contributed by atoms with Gasteiger partial charge in [0.2, 0.25) is 0 Å². The highest BCUT2D eigenvalue weighted by Crippen LogP contribution is 2.23. The quantitative estimate of drug-likeness (QED) is 0.545. The molecule has 14 heavy (non-hydrogen) atoms. The van der Waals surface area contributed by atoms with Crippen molar-refractivity contribution in [3.05, 3.63) is 48.0 Å². The molecule has 0 fully saturated rings. The first kappa shape index (κ1) is 12.6. The average molecular weight is 190 g/mol. The van der Waals surface area contributed by atoms with Gasteiger partial charge in [-0.1, -0.05) is 56.3 Å². The summed E-state index contributed by atoms with van der Waals surface area (Å²) in [5, 5.41) is 4.25. The summed E-state index contributed by atoms with van der Waals surface area (Å²) in [6.45, 7) is 9.26. The SMILES string of the molecule is C/C=C/C(C)(C)c1ccccc1.C=[NH2+]. The molecular weight excluding hydrogens is 170 g/mol. The van der Waals surface area contributed by atoms with Crippen LogP contribution in [0.3, 0.4) is 0 Å². The van der Waals surface area contributed by atoms with E-state index in [9.17, 15) is 0 Å². The van der Waals surface area contributed by atoms with E-state index in [2.05, 4.69) is 75.4 Å². The third-order valence-electron chi connectivity index (χ3n) is 2.10. The predicted molar refractivity (Wildman–Crippen MR) is 63.3 cm³/mol. The highest BCUT2D eigenvalue weighted by Gasteiger charge is 2.14. The zero-order valence-corrected chi connectivity index (χ0v) is 9.33. The first-order chi connectivity index (χ1) is 6.67. The van der Waals surface area contributed by atoms with Crippen LogP contribution in [-0.2, 0) is 5.41 Å². The van der Waals surface area contributed by atoms with Crippen molar-refractivity contribution in [2.75, 3.05) is 0 Å². The second-order valence-corrected chi connectivity index (χ2v) is 3.59. The van der Waals surface area contributed by atoms with Crippen LogP contribution in [0.2, 0.25) is 0 Å². The molecule has 1 aromatic carbocycles. The Bertz CT molecular complexity index is 273. The summed E-state index contributed by atoms with van der Waals surface area (Å²) in [5.41, 5.74) is 1.53. The van der Waals surface area contributed by atoms with E-state index in [4.69, 9.17) is 0 Å². The molecule has 1 rings (SSSR count). The maximum absolute atomic E-state index is 4.25. The van der Waals surface area contributed by atoms with Crippen LogP contribution in [0.25, 0.3) is 0 Å². The van der Waals surface area contributed by atoms with Crippen molar-refractivity contribution in [3.8, 4) is 0 Å². The van der Waals surface area contributed by atoms with Gasteiger partial charge in [0.1, 0.15) is 6.72 Å². The number of allylic oxidation sites excluding steroid dienone is 2. The van der Waals surface area contributed by atoms with E-state index in [0.717, 1.165) is 0 Å². The molecule has 1 heteroatoms. The minimum Gasteiger partial charge on any atom is -0.267 e. The lowest BCUT2D eigenvalue weighted by molar-refractivity contribution is -0.0979. The minimum atomic E-state index is 0.163. The molecule has 0 aliphatic rings. The van der Waals surface area contributed by atoms with Crippen LogP contribution < -0.4 is 5.41 Å². The maximum Gasteiger partial charge on any atom is 0.123 e. The maximum atomic E-state index is 4.25. The van der Waals surface area contributed by atoms with Gasteiger partial charge < -0.3 is 0 Å². The van der Waals surface area contributed by atoms with Crippen LogP contribution in [-0.4, -0.2) is 6.72 Å². The monoisotopic (exact) mass is 190 g/mol. The van der Waals surface area contributed by atoms with Crippen LogP contribution in [0.15, 0.2) is 42.5 Å². The molecule has 0 spiro atoms. The van der Waals surface area contributed by atoms with Gasteiger partial charge in [-0.3, -0.25) is 5.41 Å². The van der Waals surface area contributed by atoms with Gasteiger partial charge in [-0.15, -0.1) is 0 Å². The van der Waals surface area contributed by atoms with E-state index in [0.29, 0.717) is 0 Å². The Morgan fingerprint density at radius 2 is 1.64 bits per heavy atom. The first-order valence-corrected chi connectivity index (χ1v) is 4.77. The van der Waals surface area contributed by atoms with E-state index in [1.165, 1.54) is 5.56 Å². The molecule has 0 atom stereocenters. The largest absolute Gasteiger partial charge is 0.267 e. The van der Waals surface area contributed by atoms with E-state index in [-0.39, 0.29) is 5.41 Å². The molecule has 0 heterocycles. The molecule has 0 bridgehead atoms. The van der Waals surface area contributed by atoms with Crippen molar-refractivity contribution in [1.29, 1.82) is 0 Å². The summed E-state index contributed by atoms with van der Waals surface area (Å²) in [6, 6.07) is 10.6. The van der Waals surface area contributed by atoms with Crippen molar-refractivity contribution < 1.29 is 5.41 Å². The second kappa shape index (κ2) is 6.14. The number of nitrogens with two attached hydrogens (primary N) is 1. The molecule has 0 aromatic heterocycles. The summed E-state index contributed by atoms with van der Waals surface area (Å²) in [5.74, 6) is 0. The Balaban J connectivity index is 0.000000791. The molecule has 1 nitrogen and oxygen atoms in total. The summed E-state index contributed by atoms with van der Waals surface area (Å²) in [6.07, 6.45) is 4.33. The highest BCUT2D eigenvalue weighted by atomic mass is 14.2. The van der Waals surface area contributed by atoms with Gasteiger partial charge in [0, 0.05) is 5.41 Å². The summed E-state index contributed by atoms with van der Waals surface area (Å²) in [4.78, 5) is 0. The fourth-order valence-corrected chi connectivity index (χ4v) is 1.38. The number of hydrogen-bond donors (Lipinski definition) is 1. The van der Waals surface area contributed by atoms with Crippen LogP contribution >= 0.6 is 0 Å². The molecule has 0 radical (unpaired) electrons. The minimum absolute atomic E-state index is 0.163. The zero-order chi connectivity index (χ0) is 11.0. The van der Waals surface area contributed by atoms with Crippen molar-refractivity contribution >= 4 is 6.72 Å². The molecule has 1 aromatic rings. The third kappa shape index (κ3) is 3.56. The Hall–Kier alpha value is -1.37. The molecule has 0 unspecified atom stereocenters. The Morgan fingerprint density at radius 3 is 2.07 bits per heavy atom. The first-order valence-electron chi connectivity index (χ1n) is 4.77. The lowest BCUT2D eigenvalue weighted by atomic mass is 9.84. The normalized spacial score (nSPS) is 10.8. The predicted octanol–water partition coefficient (Wildman–Crippen LogP) is 1.99. The number of hydrogen-bond acceptors (Lipinski definition) is 0. The molecule has 2 N–H and O–H groups in total. The van der Waals surface area contributed by atoms with Crippen molar-refractivity contribution in [3.63, 3.8) is 0 Å². The van der Waals surface area contributed by atoms with Gasteiger partial charge in [-0.05, 0) is 12.5 Å². The third-order valence-corrected chi connectivity index (χ3v) is 2.10. The lowest BCUT2D eigenvalue weighted by Gasteiger charge is -2.20. The van der Waals surface area contributed by atoms with Crippen LogP contribution in [0.4, 0.5) is 0 Å². The summed E-state index contributed by atoms with van der Waals surface area (Å²) < 4.78 is 0. The molecule has 0 saturated carbocycles. The van der Waals surface area contributed by atoms with Gasteiger partial charge in [0.15, 0.2) is 0 Å². The van der Waals surface area contributed by atoms with E-state index in [1.54, 1.807) is 0 Å². The fourth-order valence-electron chi connectivity index (χ4n) is 1.38. The van der Waals surface area contributed by atoms with Gasteiger partial charge in [0.05, 0.1) is 0 Å². The fraction of sp³-hybridized carbons (Fsp3) is 0.308. The van der Waals surface area contributed by atoms with Crippen LogP contribution in [0.1, 0.15) is 26.3 Å². The Kier molecular flexibility index (Phi) is 5.54. The number of benzene rings is 1. The van der Waals surface area contributed by atoms with Gasteiger partial charge in [-0.25, -0.2) is 0 Å². The Labute approximate surface area is 87.0 Å². The van der Waals surface area contributed by atoms with Gasteiger partial charge in [-0.2, -0.15) is 0 Å². The van der Waals surface area contributed by atoms with Crippen molar-refractivity contribution in [2.45, 2.75) is 26.2 Å². The standard InChI is InChI=1S/C12H16.CH3N/c1-4-10-12(2,3)11-8-6-5-7-9-11;1-2/h4-10H,1-3H3;2H,1H2/p+1/b10-4+;. The Morgan fingerprint density at radius 1 is 1.14 bits per heavy atom. The molecule has 0 aliphatic heterocycles. The molecule has 0 aliphatic carbocycles. The topological polar surface area (TPSA) is 25.6 Å². The molecule has 76 valence electrons.